The van der Waals surface area contributed by atoms with Gasteiger partial charge in [0.1, 0.15) is 0 Å². The van der Waals surface area contributed by atoms with Gasteiger partial charge >= 0.3 is 5.97 Å². The molecule has 0 aliphatic carbocycles. The van der Waals surface area contributed by atoms with Crippen molar-refractivity contribution in [2.24, 2.45) is 0 Å². The van der Waals surface area contributed by atoms with Crippen molar-refractivity contribution in [3.8, 4) is 0 Å². The Balaban J connectivity index is 2.12. The third-order valence-corrected chi connectivity index (χ3v) is 3.79. The van der Waals surface area contributed by atoms with Gasteiger partial charge in [-0.25, -0.2) is 4.79 Å². The van der Waals surface area contributed by atoms with E-state index in [-0.39, 0.29) is 5.97 Å². The Labute approximate surface area is 123 Å². The van der Waals surface area contributed by atoms with Gasteiger partial charge in [0.25, 0.3) is 0 Å². The van der Waals surface area contributed by atoms with E-state index in [1.807, 2.05) is 66.7 Å². The second-order valence-corrected chi connectivity index (χ2v) is 5.22. The predicted octanol–water partition coefficient (Wildman–Crippen LogP) is 4.04. The molecule has 0 radical (unpaired) electrons. The SMILES string of the molecule is COC(=O)/C(=C/c1ccccc1)CSc1ccccc1. The van der Waals surface area contributed by atoms with Crippen LogP contribution in [-0.2, 0) is 9.53 Å². The number of carbonyl (C=O) groups is 1. The maximum Gasteiger partial charge on any atom is 0.334 e. The van der Waals surface area contributed by atoms with Gasteiger partial charge in [-0.05, 0) is 23.8 Å². The van der Waals surface area contributed by atoms with Gasteiger partial charge in [0.05, 0.1) is 7.11 Å². The summed E-state index contributed by atoms with van der Waals surface area (Å²) in [5.41, 5.74) is 1.66. The minimum atomic E-state index is -0.280. The fraction of sp³-hybridized carbons (Fsp3) is 0.118. The van der Waals surface area contributed by atoms with Gasteiger partial charge < -0.3 is 4.74 Å². The molecule has 102 valence electrons. The van der Waals surface area contributed by atoms with Crippen LogP contribution in [0.15, 0.2) is 71.1 Å². The highest BCUT2D eigenvalue weighted by molar-refractivity contribution is 7.99. The van der Waals surface area contributed by atoms with Crippen LogP contribution >= 0.6 is 11.8 Å². The van der Waals surface area contributed by atoms with Gasteiger partial charge in [0.15, 0.2) is 0 Å². The zero-order valence-electron chi connectivity index (χ0n) is 11.3. The maximum atomic E-state index is 11.8. The summed E-state index contributed by atoms with van der Waals surface area (Å²) in [6, 6.07) is 19.8. The summed E-state index contributed by atoms with van der Waals surface area (Å²) >= 11 is 1.62. The summed E-state index contributed by atoms with van der Waals surface area (Å²) < 4.78 is 4.85. The lowest BCUT2D eigenvalue weighted by molar-refractivity contribution is -0.135. The summed E-state index contributed by atoms with van der Waals surface area (Å²) in [7, 11) is 1.41. The molecule has 0 spiro atoms. The lowest BCUT2D eigenvalue weighted by atomic mass is 10.1. The fourth-order valence-electron chi connectivity index (χ4n) is 1.72. The number of hydrogen-bond acceptors (Lipinski definition) is 3. The zero-order valence-corrected chi connectivity index (χ0v) is 12.1. The third kappa shape index (κ3) is 4.28. The highest BCUT2D eigenvalue weighted by Gasteiger charge is 2.10. The largest absolute Gasteiger partial charge is 0.466 e. The fourth-order valence-corrected chi connectivity index (χ4v) is 2.59. The lowest BCUT2D eigenvalue weighted by Gasteiger charge is -2.06. The van der Waals surface area contributed by atoms with E-state index in [0.717, 1.165) is 10.5 Å². The van der Waals surface area contributed by atoms with E-state index in [9.17, 15) is 4.79 Å². The van der Waals surface area contributed by atoms with E-state index < -0.39 is 0 Å². The van der Waals surface area contributed by atoms with Gasteiger partial charge in [0, 0.05) is 16.2 Å². The molecule has 3 heteroatoms. The Bertz CT molecular complexity index is 576. The third-order valence-electron chi connectivity index (χ3n) is 2.73. The molecule has 0 aliphatic heterocycles. The molecule has 0 heterocycles. The van der Waals surface area contributed by atoms with Crippen molar-refractivity contribution in [2.45, 2.75) is 4.90 Å². The second-order valence-electron chi connectivity index (χ2n) is 4.17. The van der Waals surface area contributed by atoms with Crippen LogP contribution in [-0.4, -0.2) is 18.8 Å². The molecular formula is C17H16O2S. The van der Waals surface area contributed by atoms with Crippen LogP contribution in [0.2, 0.25) is 0 Å². The average Bonchev–Trinajstić information content (AvgIpc) is 2.52. The number of carbonyl (C=O) groups excluding carboxylic acids is 1. The molecule has 2 aromatic carbocycles. The van der Waals surface area contributed by atoms with Gasteiger partial charge in [0.2, 0.25) is 0 Å². The Morgan fingerprint density at radius 1 is 1.05 bits per heavy atom. The number of esters is 1. The topological polar surface area (TPSA) is 26.3 Å². The molecule has 0 aliphatic rings. The van der Waals surface area contributed by atoms with Crippen molar-refractivity contribution in [1.29, 1.82) is 0 Å². The molecule has 0 unspecified atom stereocenters. The molecule has 0 aromatic heterocycles. The first kappa shape index (κ1) is 14.4. The second kappa shape index (κ2) is 7.56. The van der Waals surface area contributed by atoms with Gasteiger partial charge in [-0.15, -0.1) is 11.8 Å². The van der Waals surface area contributed by atoms with Crippen LogP contribution in [0.3, 0.4) is 0 Å². The summed E-state index contributed by atoms with van der Waals surface area (Å²) in [5.74, 6) is 0.309. The minimum absolute atomic E-state index is 0.280. The van der Waals surface area contributed by atoms with Crippen LogP contribution in [0.1, 0.15) is 5.56 Å². The van der Waals surface area contributed by atoms with E-state index in [2.05, 4.69) is 0 Å². The van der Waals surface area contributed by atoms with Crippen molar-refractivity contribution in [2.75, 3.05) is 12.9 Å². The number of thioether (sulfide) groups is 1. The summed E-state index contributed by atoms with van der Waals surface area (Å²) in [6.45, 7) is 0. The first-order valence-corrected chi connectivity index (χ1v) is 7.30. The first-order valence-electron chi connectivity index (χ1n) is 6.31. The first-order chi connectivity index (χ1) is 9.79. The number of benzene rings is 2. The molecule has 0 atom stereocenters. The van der Waals surface area contributed by atoms with Crippen LogP contribution in [0.4, 0.5) is 0 Å². The number of hydrogen-bond donors (Lipinski definition) is 0. The average molecular weight is 284 g/mol. The molecule has 2 rings (SSSR count). The molecule has 2 aromatic rings. The van der Waals surface area contributed by atoms with Crippen LogP contribution in [0, 0.1) is 0 Å². The number of methoxy groups -OCH3 is 1. The van der Waals surface area contributed by atoms with E-state index in [1.54, 1.807) is 11.8 Å². The van der Waals surface area contributed by atoms with Gasteiger partial charge in [-0.2, -0.15) is 0 Å². The maximum absolute atomic E-state index is 11.8. The van der Waals surface area contributed by atoms with E-state index in [1.165, 1.54) is 7.11 Å². The van der Waals surface area contributed by atoms with E-state index in [0.29, 0.717) is 11.3 Å². The smallest absolute Gasteiger partial charge is 0.334 e. The number of rotatable bonds is 5. The Morgan fingerprint density at radius 2 is 1.65 bits per heavy atom. The van der Waals surface area contributed by atoms with E-state index >= 15 is 0 Å². The molecule has 0 bridgehead atoms. The molecule has 2 nitrogen and oxygen atoms in total. The standard InChI is InChI=1S/C17H16O2S/c1-19-17(18)15(12-14-8-4-2-5-9-14)13-20-16-10-6-3-7-11-16/h2-12H,13H2,1H3/b15-12+. The quantitative estimate of drug-likeness (QED) is 0.471. The molecule has 0 saturated carbocycles. The van der Waals surface area contributed by atoms with Gasteiger partial charge in [-0.3, -0.25) is 0 Å². The van der Waals surface area contributed by atoms with Crippen LogP contribution in [0.5, 0.6) is 0 Å². The van der Waals surface area contributed by atoms with Crippen LogP contribution < -0.4 is 0 Å². The van der Waals surface area contributed by atoms with Crippen molar-refractivity contribution in [1.82, 2.24) is 0 Å². The molecular weight excluding hydrogens is 268 g/mol. The highest BCUT2D eigenvalue weighted by Crippen LogP contribution is 2.21. The molecule has 20 heavy (non-hydrogen) atoms. The van der Waals surface area contributed by atoms with Crippen molar-refractivity contribution in [3.63, 3.8) is 0 Å². The van der Waals surface area contributed by atoms with E-state index in [4.69, 9.17) is 4.74 Å². The highest BCUT2D eigenvalue weighted by atomic mass is 32.2. The minimum Gasteiger partial charge on any atom is -0.466 e. The Hall–Kier alpha value is -2.00. The molecule has 0 saturated heterocycles. The monoisotopic (exact) mass is 284 g/mol. The Kier molecular flexibility index (Phi) is 5.44. The summed E-state index contributed by atoms with van der Waals surface area (Å²) in [5, 5.41) is 0. The zero-order chi connectivity index (χ0) is 14.2. The normalized spacial score (nSPS) is 11.2. The lowest BCUT2D eigenvalue weighted by Crippen LogP contribution is -2.06. The Morgan fingerprint density at radius 3 is 2.25 bits per heavy atom. The number of ether oxygens (including phenoxy) is 1. The van der Waals surface area contributed by atoms with Crippen molar-refractivity contribution >= 4 is 23.8 Å². The van der Waals surface area contributed by atoms with Crippen LogP contribution in [0.25, 0.3) is 6.08 Å². The van der Waals surface area contributed by atoms with Crippen molar-refractivity contribution < 1.29 is 9.53 Å². The summed E-state index contributed by atoms with van der Waals surface area (Å²) in [4.78, 5) is 13.0. The predicted molar refractivity (Wildman–Crippen MR) is 83.6 cm³/mol. The molecule has 0 amide bonds. The molecule has 0 fully saturated rings. The van der Waals surface area contributed by atoms with Crippen molar-refractivity contribution in [3.05, 3.63) is 71.8 Å². The molecule has 0 N–H and O–H groups in total. The summed E-state index contributed by atoms with van der Waals surface area (Å²) in [6.07, 6.45) is 1.88. The van der Waals surface area contributed by atoms with Gasteiger partial charge in [-0.1, -0.05) is 48.5 Å².